The lowest BCUT2D eigenvalue weighted by atomic mass is 9.92. The predicted molar refractivity (Wildman–Crippen MR) is 118 cm³/mol. The van der Waals surface area contributed by atoms with Crippen LogP contribution < -0.4 is 0 Å². The molecule has 0 spiro atoms. The van der Waals surface area contributed by atoms with Gasteiger partial charge in [-0.1, -0.05) is 49.9 Å². The maximum atomic E-state index is 12.9. The van der Waals surface area contributed by atoms with E-state index in [2.05, 4.69) is 30.4 Å². The molecule has 6 heteroatoms. The van der Waals surface area contributed by atoms with Crippen LogP contribution in [0.25, 0.3) is 27.6 Å². The van der Waals surface area contributed by atoms with Gasteiger partial charge in [-0.25, -0.2) is 9.97 Å². The zero-order chi connectivity index (χ0) is 20.0. The molecule has 2 aromatic carbocycles. The van der Waals surface area contributed by atoms with Gasteiger partial charge in [0, 0.05) is 18.5 Å². The highest BCUT2D eigenvalue weighted by Gasteiger charge is 2.25. The summed E-state index contributed by atoms with van der Waals surface area (Å²) in [6.07, 6.45) is 1.20. The lowest BCUT2D eigenvalue weighted by Crippen LogP contribution is -2.43. The number of fused-ring (bicyclic) bond motifs is 5. The Bertz CT molecular complexity index is 1210. The van der Waals surface area contributed by atoms with Gasteiger partial charge >= 0.3 is 0 Å². The molecule has 5 rings (SSSR count). The van der Waals surface area contributed by atoms with Crippen LogP contribution in [-0.4, -0.2) is 44.0 Å². The molecule has 5 nitrogen and oxygen atoms in total. The molecule has 1 aliphatic heterocycles. The Morgan fingerprint density at radius 3 is 2.48 bits per heavy atom. The van der Waals surface area contributed by atoms with Crippen molar-refractivity contribution in [2.75, 3.05) is 18.8 Å². The lowest BCUT2D eigenvalue weighted by Gasteiger charge is -2.35. The van der Waals surface area contributed by atoms with Crippen LogP contribution in [0.1, 0.15) is 20.3 Å². The minimum atomic E-state index is 0.195. The lowest BCUT2D eigenvalue weighted by molar-refractivity contribution is -0.130. The van der Waals surface area contributed by atoms with Crippen molar-refractivity contribution < 1.29 is 4.79 Å². The quantitative estimate of drug-likeness (QED) is 0.369. The standard InChI is InChI=1S/C23H24N4OS/c1-15-11-16(2)13-26(12-15)21(28)14-29-23-25-18-8-4-3-7-17(18)22-24-19-9-5-6-10-20(19)27(22)23/h3-10,15-16H,11-14H2,1-2H3. The van der Waals surface area contributed by atoms with E-state index in [1.54, 1.807) is 0 Å². The molecule has 1 fully saturated rings. The monoisotopic (exact) mass is 404 g/mol. The number of thioether (sulfide) groups is 1. The third kappa shape index (κ3) is 3.35. The summed E-state index contributed by atoms with van der Waals surface area (Å²) in [5.41, 5.74) is 3.77. The normalized spacial score (nSPS) is 20.0. The highest BCUT2D eigenvalue weighted by Crippen LogP contribution is 2.29. The Kier molecular flexibility index (Phi) is 4.66. The molecule has 3 heterocycles. The van der Waals surface area contributed by atoms with Crippen LogP contribution in [0.3, 0.4) is 0 Å². The number of carbonyl (C=O) groups is 1. The molecule has 148 valence electrons. The topological polar surface area (TPSA) is 50.5 Å². The van der Waals surface area contributed by atoms with Gasteiger partial charge in [-0.3, -0.25) is 9.20 Å². The van der Waals surface area contributed by atoms with Crippen molar-refractivity contribution in [3.05, 3.63) is 48.5 Å². The van der Waals surface area contributed by atoms with Crippen LogP contribution in [0, 0.1) is 11.8 Å². The van der Waals surface area contributed by atoms with Crippen LogP contribution in [0.4, 0.5) is 0 Å². The van der Waals surface area contributed by atoms with Gasteiger partial charge in [0.05, 0.1) is 22.3 Å². The highest BCUT2D eigenvalue weighted by atomic mass is 32.2. The second kappa shape index (κ2) is 7.34. The number of piperidine rings is 1. The Balaban J connectivity index is 1.53. The largest absolute Gasteiger partial charge is 0.341 e. The number of aromatic nitrogens is 3. The van der Waals surface area contributed by atoms with E-state index in [1.165, 1.54) is 18.2 Å². The van der Waals surface area contributed by atoms with Gasteiger partial charge in [-0.2, -0.15) is 0 Å². The molecular formula is C23H24N4OS. The van der Waals surface area contributed by atoms with Gasteiger partial charge in [-0.15, -0.1) is 0 Å². The van der Waals surface area contributed by atoms with Gasteiger partial charge in [0.2, 0.25) is 5.91 Å². The van der Waals surface area contributed by atoms with Crippen LogP contribution in [0.15, 0.2) is 53.7 Å². The second-order valence-electron chi connectivity index (χ2n) is 8.20. The smallest absolute Gasteiger partial charge is 0.233 e. The molecule has 2 unspecified atom stereocenters. The second-order valence-corrected chi connectivity index (χ2v) is 9.15. The van der Waals surface area contributed by atoms with E-state index in [0.29, 0.717) is 17.6 Å². The zero-order valence-electron chi connectivity index (χ0n) is 16.7. The number of imidazole rings is 1. The van der Waals surface area contributed by atoms with E-state index in [1.807, 2.05) is 41.3 Å². The number of likely N-dealkylation sites (tertiary alicyclic amines) is 1. The number of rotatable bonds is 3. The van der Waals surface area contributed by atoms with Crippen molar-refractivity contribution in [1.82, 2.24) is 19.3 Å². The first kappa shape index (κ1) is 18.4. The number of benzene rings is 2. The summed E-state index contributed by atoms with van der Waals surface area (Å²) in [6.45, 7) is 6.18. The number of nitrogens with zero attached hydrogens (tertiary/aromatic N) is 4. The SMILES string of the molecule is CC1CC(C)CN(C(=O)CSc2nc3ccccc3c3nc4ccccc4n23)C1. The van der Waals surface area contributed by atoms with Crippen molar-refractivity contribution in [3.63, 3.8) is 0 Å². The van der Waals surface area contributed by atoms with Crippen molar-refractivity contribution in [2.45, 2.75) is 25.4 Å². The molecule has 0 saturated carbocycles. The maximum Gasteiger partial charge on any atom is 0.233 e. The van der Waals surface area contributed by atoms with Crippen molar-refractivity contribution >= 4 is 45.3 Å². The summed E-state index contributed by atoms with van der Waals surface area (Å²) < 4.78 is 2.09. The van der Waals surface area contributed by atoms with Gasteiger partial charge < -0.3 is 4.90 Å². The van der Waals surface area contributed by atoms with Crippen molar-refractivity contribution in [1.29, 1.82) is 0 Å². The van der Waals surface area contributed by atoms with Crippen LogP contribution >= 0.6 is 11.8 Å². The van der Waals surface area contributed by atoms with E-state index in [4.69, 9.17) is 9.97 Å². The summed E-state index contributed by atoms with van der Waals surface area (Å²) in [5.74, 6) is 1.72. The molecule has 4 aromatic rings. The Morgan fingerprint density at radius 2 is 1.69 bits per heavy atom. The highest BCUT2D eigenvalue weighted by molar-refractivity contribution is 7.99. The molecule has 0 aliphatic carbocycles. The third-order valence-electron chi connectivity index (χ3n) is 5.66. The number of hydrogen-bond donors (Lipinski definition) is 0. The Hall–Kier alpha value is -2.60. The number of amides is 1. The Morgan fingerprint density at radius 1 is 1.00 bits per heavy atom. The minimum Gasteiger partial charge on any atom is -0.341 e. The molecular weight excluding hydrogens is 380 g/mol. The zero-order valence-corrected chi connectivity index (χ0v) is 17.5. The first-order valence-corrected chi connectivity index (χ1v) is 11.1. The van der Waals surface area contributed by atoms with Gasteiger partial charge in [-0.05, 0) is 42.5 Å². The van der Waals surface area contributed by atoms with E-state index in [9.17, 15) is 4.79 Å². The summed E-state index contributed by atoms with van der Waals surface area (Å²) in [7, 11) is 0. The van der Waals surface area contributed by atoms with Crippen molar-refractivity contribution in [3.8, 4) is 0 Å². The maximum absolute atomic E-state index is 12.9. The summed E-state index contributed by atoms with van der Waals surface area (Å²) in [6, 6.07) is 16.2. The number of para-hydroxylation sites is 3. The molecule has 2 atom stereocenters. The molecule has 1 amide bonds. The van der Waals surface area contributed by atoms with Crippen LogP contribution in [0.2, 0.25) is 0 Å². The summed E-state index contributed by atoms with van der Waals surface area (Å²) in [4.78, 5) is 24.7. The fourth-order valence-electron chi connectivity index (χ4n) is 4.49. The van der Waals surface area contributed by atoms with Gasteiger partial charge in [0.15, 0.2) is 5.16 Å². The summed E-state index contributed by atoms with van der Waals surface area (Å²) in [5, 5.41) is 1.84. The predicted octanol–water partition coefficient (Wildman–Crippen LogP) is 4.63. The number of carbonyl (C=O) groups excluding carboxylic acids is 1. The molecule has 2 aromatic heterocycles. The minimum absolute atomic E-state index is 0.195. The first-order valence-electron chi connectivity index (χ1n) is 10.2. The molecule has 0 bridgehead atoms. The average Bonchev–Trinajstić information content (AvgIpc) is 3.11. The molecule has 0 N–H and O–H groups in total. The molecule has 0 radical (unpaired) electrons. The Labute approximate surface area is 174 Å². The van der Waals surface area contributed by atoms with E-state index < -0.39 is 0 Å². The molecule has 1 aliphatic rings. The molecule has 1 saturated heterocycles. The van der Waals surface area contributed by atoms with Gasteiger partial charge in [0.1, 0.15) is 5.65 Å². The third-order valence-corrected chi connectivity index (χ3v) is 6.58. The molecule has 29 heavy (non-hydrogen) atoms. The fourth-order valence-corrected chi connectivity index (χ4v) is 5.41. The summed E-state index contributed by atoms with van der Waals surface area (Å²) >= 11 is 1.51. The van der Waals surface area contributed by atoms with E-state index >= 15 is 0 Å². The van der Waals surface area contributed by atoms with Crippen molar-refractivity contribution in [2.24, 2.45) is 11.8 Å². The van der Waals surface area contributed by atoms with E-state index in [-0.39, 0.29) is 5.91 Å². The van der Waals surface area contributed by atoms with Crippen LogP contribution in [0.5, 0.6) is 0 Å². The number of hydrogen-bond acceptors (Lipinski definition) is 4. The fraction of sp³-hybridized carbons (Fsp3) is 0.348. The van der Waals surface area contributed by atoms with E-state index in [0.717, 1.165) is 45.8 Å². The first-order chi connectivity index (χ1) is 14.1. The van der Waals surface area contributed by atoms with Crippen LogP contribution in [-0.2, 0) is 4.79 Å². The average molecular weight is 405 g/mol. The van der Waals surface area contributed by atoms with Gasteiger partial charge in [0.25, 0.3) is 0 Å².